The third kappa shape index (κ3) is 2.15. The predicted molar refractivity (Wildman–Crippen MR) is 41.2 cm³/mol. The fourth-order valence-electron chi connectivity index (χ4n) is 1.34. The van der Waals surface area contributed by atoms with Gasteiger partial charge >= 0.3 is 12.4 Å². The molecule has 1 heterocycles. The van der Waals surface area contributed by atoms with Crippen LogP contribution < -0.4 is 5.32 Å². The van der Waals surface area contributed by atoms with Crippen molar-refractivity contribution in [2.45, 2.75) is 36.4 Å². The van der Waals surface area contributed by atoms with Crippen molar-refractivity contribution in [1.82, 2.24) is 5.32 Å². The van der Waals surface area contributed by atoms with Crippen molar-refractivity contribution in [3.05, 3.63) is 0 Å². The quantitative estimate of drug-likeness (QED) is 0.780. The van der Waals surface area contributed by atoms with Crippen LogP contribution in [0.4, 0.5) is 43.9 Å². The van der Waals surface area contributed by atoms with Crippen molar-refractivity contribution in [2.24, 2.45) is 4.99 Å². The Morgan fingerprint density at radius 1 is 0.842 bits per heavy atom. The average molecular weight is 306 g/mol. The summed E-state index contributed by atoms with van der Waals surface area (Å²) >= 11 is 0. The molecule has 1 rings (SSSR count). The fourth-order valence-corrected chi connectivity index (χ4v) is 1.34. The summed E-state index contributed by atoms with van der Waals surface area (Å²) in [5.41, 5.74) is -9.28. The van der Waals surface area contributed by atoms with Gasteiger partial charge in [-0.15, -0.1) is 0 Å². The highest BCUT2D eigenvalue weighted by Gasteiger charge is 2.74. The van der Waals surface area contributed by atoms with Crippen LogP contribution in [0.5, 0.6) is 0 Å². The Balaban J connectivity index is 3.34. The number of halogens is 10. The minimum atomic E-state index is -5.99. The van der Waals surface area contributed by atoms with Crippen LogP contribution in [-0.4, -0.2) is 42.6 Å². The van der Waals surface area contributed by atoms with Crippen molar-refractivity contribution >= 4 is 6.21 Å². The Morgan fingerprint density at radius 2 is 1.32 bits per heavy atom. The zero-order valence-corrected chi connectivity index (χ0v) is 8.46. The van der Waals surface area contributed by atoms with Crippen LogP contribution in [0.25, 0.3) is 0 Å². The van der Waals surface area contributed by atoms with Crippen LogP contribution in [0.2, 0.25) is 0 Å². The molecule has 0 aromatic carbocycles. The van der Waals surface area contributed by atoms with Gasteiger partial charge in [0.2, 0.25) is 5.54 Å². The van der Waals surface area contributed by atoms with E-state index in [2.05, 4.69) is 0 Å². The lowest BCUT2D eigenvalue weighted by molar-refractivity contribution is -0.256. The third-order valence-electron chi connectivity index (χ3n) is 2.43. The summed E-state index contributed by atoms with van der Waals surface area (Å²) in [6.45, 7) is 0. The molecule has 0 fully saturated rings. The van der Waals surface area contributed by atoms with Gasteiger partial charge in [-0.2, -0.15) is 26.3 Å². The van der Waals surface area contributed by atoms with E-state index >= 15 is 0 Å². The third-order valence-corrected chi connectivity index (χ3v) is 2.43. The molecular weight excluding hydrogens is 302 g/mol. The van der Waals surface area contributed by atoms with Gasteiger partial charge < -0.3 is 0 Å². The molecule has 0 spiro atoms. The molecule has 1 aliphatic rings. The first kappa shape index (κ1) is 16.0. The standard InChI is InChI=1S/C7H4F10N2/c8-2(9)4(6(12,13)14)1-18-5(19-4,3(10)11)7(15,16)17/h1-3,19H. The van der Waals surface area contributed by atoms with E-state index in [4.69, 9.17) is 0 Å². The molecule has 0 aromatic heterocycles. The van der Waals surface area contributed by atoms with E-state index in [9.17, 15) is 43.9 Å². The molecule has 0 saturated heterocycles. The van der Waals surface area contributed by atoms with Gasteiger partial charge in [0.15, 0.2) is 0 Å². The summed E-state index contributed by atoms with van der Waals surface area (Å²) in [7, 11) is 0. The molecule has 0 bridgehead atoms. The molecular formula is C7H4F10N2. The lowest BCUT2D eigenvalue weighted by Crippen LogP contribution is -2.70. The van der Waals surface area contributed by atoms with E-state index in [1.54, 1.807) is 0 Å². The number of nitrogens with one attached hydrogen (secondary N) is 1. The molecule has 0 aromatic rings. The largest absolute Gasteiger partial charge is 0.432 e. The van der Waals surface area contributed by atoms with Gasteiger partial charge in [-0.3, -0.25) is 10.3 Å². The number of hydrogen-bond donors (Lipinski definition) is 1. The summed E-state index contributed by atoms with van der Waals surface area (Å²) in [5, 5.41) is 0.225. The van der Waals surface area contributed by atoms with Crippen LogP contribution >= 0.6 is 0 Å². The highest BCUT2D eigenvalue weighted by atomic mass is 19.4. The summed E-state index contributed by atoms with van der Waals surface area (Å²) < 4.78 is 124. The van der Waals surface area contributed by atoms with Crippen LogP contribution in [-0.2, 0) is 0 Å². The number of aliphatic imine (C=N–C) groups is 1. The highest BCUT2D eigenvalue weighted by molar-refractivity contribution is 5.76. The minimum Gasteiger partial charge on any atom is -0.258 e. The molecule has 1 N–H and O–H groups in total. The van der Waals surface area contributed by atoms with E-state index < -0.39 is 42.6 Å². The fraction of sp³-hybridized carbons (Fsp3) is 0.857. The zero-order valence-electron chi connectivity index (χ0n) is 8.46. The predicted octanol–water partition coefficient (Wildman–Crippen LogP) is 2.75. The second-order valence-corrected chi connectivity index (χ2v) is 3.62. The highest BCUT2D eigenvalue weighted by Crippen LogP contribution is 2.46. The zero-order chi connectivity index (χ0) is 15.3. The Morgan fingerprint density at radius 3 is 1.47 bits per heavy atom. The van der Waals surface area contributed by atoms with E-state index in [0.29, 0.717) is 0 Å². The van der Waals surface area contributed by atoms with Crippen LogP contribution in [0.15, 0.2) is 4.99 Å². The maximum absolute atomic E-state index is 12.4. The summed E-state index contributed by atoms with van der Waals surface area (Å²) in [4.78, 5) is 1.97. The van der Waals surface area contributed by atoms with E-state index in [1.165, 1.54) is 0 Å². The van der Waals surface area contributed by atoms with Crippen molar-refractivity contribution in [1.29, 1.82) is 0 Å². The lowest BCUT2D eigenvalue weighted by atomic mass is 10.0. The normalized spacial score (nSPS) is 32.6. The molecule has 2 unspecified atom stereocenters. The summed E-state index contributed by atoms with van der Waals surface area (Å²) in [5.74, 6) is 0. The van der Waals surface area contributed by atoms with E-state index in [1.807, 2.05) is 4.99 Å². The van der Waals surface area contributed by atoms with Crippen molar-refractivity contribution in [3.63, 3.8) is 0 Å². The molecule has 2 nitrogen and oxygen atoms in total. The average Bonchev–Trinajstić information content (AvgIpc) is 2.57. The SMILES string of the molecule is FC(F)C1(C(F)(F)F)C=NC(C(F)F)(C(F)(F)F)N1. The molecule has 0 amide bonds. The molecule has 2 atom stereocenters. The smallest absolute Gasteiger partial charge is 0.258 e. The van der Waals surface area contributed by atoms with Gasteiger partial charge in [-0.25, -0.2) is 17.6 Å². The summed E-state index contributed by atoms with van der Waals surface area (Å²) in [6, 6.07) is 0. The molecule has 19 heavy (non-hydrogen) atoms. The van der Waals surface area contributed by atoms with Crippen LogP contribution in [0.1, 0.15) is 0 Å². The monoisotopic (exact) mass is 306 g/mol. The number of rotatable bonds is 2. The topological polar surface area (TPSA) is 24.4 Å². The minimum absolute atomic E-state index is 0.225. The lowest BCUT2D eigenvalue weighted by Gasteiger charge is -2.35. The second-order valence-electron chi connectivity index (χ2n) is 3.62. The van der Waals surface area contributed by atoms with Gasteiger partial charge in [0, 0.05) is 6.21 Å². The van der Waals surface area contributed by atoms with Crippen molar-refractivity contribution in [2.75, 3.05) is 0 Å². The first-order valence-electron chi connectivity index (χ1n) is 4.35. The van der Waals surface area contributed by atoms with E-state index in [0.717, 1.165) is 0 Å². The van der Waals surface area contributed by atoms with Gasteiger partial charge in [0.1, 0.15) is 0 Å². The number of nitrogens with zero attached hydrogens (tertiary/aromatic N) is 1. The van der Waals surface area contributed by atoms with Crippen molar-refractivity contribution in [3.8, 4) is 0 Å². The van der Waals surface area contributed by atoms with Crippen LogP contribution in [0, 0.1) is 0 Å². The molecule has 0 aliphatic carbocycles. The summed E-state index contributed by atoms with van der Waals surface area (Å²) in [6.07, 6.45) is -21.7. The van der Waals surface area contributed by atoms with Crippen molar-refractivity contribution < 1.29 is 43.9 Å². The molecule has 1 aliphatic heterocycles. The molecule has 112 valence electrons. The maximum atomic E-state index is 12.4. The Bertz CT molecular complexity index is 337. The maximum Gasteiger partial charge on any atom is 0.432 e. The van der Waals surface area contributed by atoms with Crippen LogP contribution in [0.3, 0.4) is 0 Å². The van der Waals surface area contributed by atoms with Gasteiger partial charge in [-0.05, 0) is 0 Å². The number of alkyl halides is 10. The number of hydrogen-bond acceptors (Lipinski definition) is 2. The molecule has 12 heteroatoms. The Hall–Kier alpha value is -1.07. The van der Waals surface area contributed by atoms with E-state index in [-0.39, 0.29) is 5.32 Å². The first-order valence-corrected chi connectivity index (χ1v) is 4.35. The molecule has 0 radical (unpaired) electrons. The van der Waals surface area contributed by atoms with Gasteiger partial charge in [0.05, 0.1) is 0 Å². The first-order chi connectivity index (χ1) is 8.30. The van der Waals surface area contributed by atoms with Gasteiger partial charge in [-0.1, -0.05) is 0 Å². The Kier molecular flexibility index (Phi) is 3.55. The Labute approximate surface area is 98.0 Å². The molecule has 0 saturated carbocycles. The second kappa shape index (κ2) is 4.21. The van der Waals surface area contributed by atoms with Gasteiger partial charge in [0.25, 0.3) is 18.5 Å².